The lowest BCUT2D eigenvalue weighted by Crippen LogP contribution is -2.46. The predicted molar refractivity (Wildman–Crippen MR) is 104 cm³/mol. The van der Waals surface area contributed by atoms with Gasteiger partial charge in [0.25, 0.3) is 0 Å². The van der Waals surface area contributed by atoms with Crippen LogP contribution in [0.3, 0.4) is 0 Å². The van der Waals surface area contributed by atoms with Crippen LogP contribution in [0.1, 0.15) is 32.1 Å². The molecule has 0 aromatic carbocycles. The molecular formula is C16H29IN6. The third-order valence-electron chi connectivity index (χ3n) is 4.82. The number of rotatable bonds is 5. The van der Waals surface area contributed by atoms with E-state index in [1.807, 2.05) is 30.2 Å². The van der Waals surface area contributed by atoms with Crippen molar-refractivity contribution in [2.24, 2.45) is 4.99 Å². The van der Waals surface area contributed by atoms with E-state index < -0.39 is 0 Å². The molecule has 0 bridgehead atoms. The molecule has 1 saturated carbocycles. The number of nitrogens with one attached hydrogen (secondary N) is 2. The van der Waals surface area contributed by atoms with Gasteiger partial charge in [-0.05, 0) is 25.3 Å². The van der Waals surface area contributed by atoms with E-state index in [1.54, 1.807) is 0 Å². The first-order valence-corrected chi connectivity index (χ1v) is 8.54. The van der Waals surface area contributed by atoms with Gasteiger partial charge in [-0.3, -0.25) is 14.6 Å². The van der Waals surface area contributed by atoms with Crippen molar-refractivity contribution < 1.29 is 0 Å². The van der Waals surface area contributed by atoms with Crippen LogP contribution >= 0.6 is 24.0 Å². The molecule has 1 unspecified atom stereocenters. The van der Waals surface area contributed by atoms with Gasteiger partial charge in [-0.1, -0.05) is 12.8 Å². The molecule has 0 spiro atoms. The topological polar surface area (TPSA) is 57.5 Å². The van der Waals surface area contributed by atoms with Gasteiger partial charge in [0, 0.05) is 51.2 Å². The largest absolute Gasteiger partial charge is 0.355 e. The number of aromatic nitrogens is 2. The van der Waals surface area contributed by atoms with Crippen molar-refractivity contribution in [3.05, 3.63) is 18.5 Å². The number of hydrogen-bond acceptors (Lipinski definition) is 3. The lowest BCUT2D eigenvalue weighted by Gasteiger charge is -2.24. The smallest absolute Gasteiger partial charge is 0.191 e. The molecule has 0 amide bonds. The van der Waals surface area contributed by atoms with Crippen molar-refractivity contribution >= 4 is 29.9 Å². The second kappa shape index (κ2) is 9.46. The maximum Gasteiger partial charge on any atom is 0.191 e. The van der Waals surface area contributed by atoms with Gasteiger partial charge >= 0.3 is 0 Å². The van der Waals surface area contributed by atoms with E-state index in [4.69, 9.17) is 0 Å². The van der Waals surface area contributed by atoms with Crippen molar-refractivity contribution in [1.82, 2.24) is 25.3 Å². The van der Waals surface area contributed by atoms with Crippen LogP contribution in [0, 0.1) is 0 Å². The summed E-state index contributed by atoms with van der Waals surface area (Å²) in [6.45, 7) is 4.07. The quantitative estimate of drug-likeness (QED) is 0.423. The zero-order valence-corrected chi connectivity index (χ0v) is 16.3. The fraction of sp³-hybridized carbons (Fsp3) is 0.750. The molecule has 2 N–H and O–H groups in total. The van der Waals surface area contributed by atoms with E-state index in [1.165, 1.54) is 38.6 Å². The van der Waals surface area contributed by atoms with Gasteiger partial charge < -0.3 is 10.6 Å². The monoisotopic (exact) mass is 432 g/mol. The Morgan fingerprint density at radius 3 is 2.83 bits per heavy atom. The van der Waals surface area contributed by atoms with Crippen LogP contribution in [-0.4, -0.2) is 59.4 Å². The molecule has 23 heavy (non-hydrogen) atoms. The Bertz CT molecular complexity index is 469. The fourth-order valence-corrected chi connectivity index (χ4v) is 3.62. The molecule has 130 valence electrons. The first kappa shape index (κ1) is 18.5. The minimum absolute atomic E-state index is 0. The third-order valence-corrected chi connectivity index (χ3v) is 4.82. The van der Waals surface area contributed by atoms with E-state index in [-0.39, 0.29) is 24.0 Å². The standard InChI is InChI=1S/C16H28N6.HI/c1-17-16(18-9-12-22-10-4-8-19-22)20-14-7-11-21(13-14)15-5-2-3-6-15;/h4,8,10,14-15H,2-3,5-7,9,11-13H2,1H3,(H2,17,18,20);1H. The molecule has 2 heterocycles. The van der Waals surface area contributed by atoms with Crippen LogP contribution in [0.4, 0.5) is 0 Å². The number of likely N-dealkylation sites (tertiary alicyclic amines) is 1. The minimum Gasteiger partial charge on any atom is -0.355 e. The van der Waals surface area contributed by atoms with Gasteiger partial charge in [0.15, 0.2) is 5.96 Å². The molecule has 1 aliphatic heterocycles. The van der Waals surface area contributed by atoms with Gasteiger partial charge in [0.05, 0.1) is 6.54 Å². The lowest BCUT2D eigenvalue weighted by atomic mass is 10.2. The number of nitrogens with zero attached hydrogens (tertiary/aromatic N) is 4. The summed E-state index contributed by atoms with van der Waals surface area (Å²) < 4.78 is 1.93. The van der Waals surface area contributed by atoms with Gasteiger partial charge in [0.1, 0.15) is 0 Å². The maximum absolute atomic E-state index is 4.34. The van der Waals surface area contributed by atoms with Crippen molar-refractivity contribution in [3.8, 4) is 0 Å². The van der Waals surface area contributed by atoms with Crippen LogP contribution in [-0.2, 0) is 6.54 Å². The highest BCUT2D eigenvalue weighted by molar-refractivity contribution is 14.0. The van der Waals surface area contributed by atoms with Crippen LogP contribution < -0.4 is 10.6 Å². The van der Waals surface area contributed by atoms with Gasteiger partial charge in [-0.25, -0.2) is 0 Å². The van der Waals surface area contributed by atoms with E-state index in [0.717, 1.165) is 31.6 Å². The Labute approximate surface area is 156 Å². The highest BCUT2D eigenvalue weighted by atomic mass is 127. The molecule has 2 fully saturated rings. The molecule has 2 aliphatic rings. The highest BCUT2D eigenvalue weighted by Crippen LogP contribution is 2.26. The summed E-state index contributed by atoms with van der Waals surface area (Å²) in [7, 11) is 1.84. The third kappa shape index (κ3) is 5.34. The van der Waals surface area contributed by atoms with E-state index in [0.29, 0.717) is 6.04 Å². The molecule has 0 radical (unpaired) electrons. The second-order valence-electron chi connectivity index (χ2n) is 6.33. The number of aliphatic imine (C=N–C) groups is 1. The average Bonchev–Trinajstić information content (AvgIpc) is 3.27. The SMILES string of the molecule is CN=C(NCCn1cccn1)NC1CCN(C2CCCC2)C1.I. The summed E-state index contributed by atoms with van der Waals surface area (Å²) in [4.78, 5) is 7.01. The number of hydrogen-bond donors (Lipinski definition) is 2. The Balaban J connectivity index is 0.00000192. The Hall–Kier alpha value is -0.830. The van der Waals surface area contributed by atoms with Gasteiger partial charge in [-0.2, -0.15) is 5.10 Å². The summed E-state index contributed by atoms with van der Waals surface area (Å²) in [6, 6.07) is 3.31. The summed E-state index contributed by atoms with van der Waals surface area (Å²) in [5.41, 5.74) is 0. The summed E-state index contributed by atoms with van der Waals surface area (Å²) in [6.07, 6.45) is 10.6. The first-order chi connectivity index (χ1) is 10.8. The van der Waals surface area contributed by atoms with E-state index in [2.05, 4.69) is 25.6 Å². The van der Waals surface area contributed by atoms with Crippen molar-refractivity contribution in [2.75, 3.05) is 26.7 Å². The fourth-order valence-electron chi connectivity index (χ4n) is 3.62. The molecule has 1 saturated heterocycles. The van der Waals surface area contributed by atoms with Crippen LogP contribution in [0.25, 0.3) is 0 Å². The summed E-state index contributed by atoms with van der Waals surface area (Å²) in [5.74, 6) is 0.908. The van der Waals surface area contributed by atoms with Crippen molar-refractivity contribution in [1.29, 1.82) is 0 Å². The summed E-state index contributed by atoms with van der Waals surface area (Å²) in [5, 5.41) is 11.2. The maximum atomic E-state index is 4.34. The van der Waals surface area contributed by atoms with Crippen LogP contribution in [0.2, 0.25) is 0 Å². The first-order valence-electron chi connectivity index (χ1n) is 8.54. The van der Waals surface area contributed by atoms with Gasteiger partial charge in [-0.15, -0.1) is 24.0 Å². The average molecular weight is 432 g/mol. The van der Waals surface area contributed by atoms with E-state index >= 15 is 0 Å². The Morgan fingerprint density at radius 2 is 2.13 bits per heavy atom. The Morgan fingerprint density at radius 1 is 1.30 bits per heavy atom. The molecule has 1 aromatic rings. The highest BCUT2D eigenvalue weighted by Gasteiger charge is 2.30. The molecule has 1 atom stereocenters. The second-order valence-corrected chi connectivity index (χ2v) is 6.33. The zero-order chi connectivity index (χ0) is 15.2. The number of guanidine groups is 1. The van der Waals surface area contributed by atoms with Crippen LogP contribution in [0.15, 0.2) is 23.5 Å². The molecule has 1 aliphatic carbocycles. The predicted octanol–water partition coefficient (Wildman–Crippen LogP) is 1.68. The molecule has 7 heteroatoms. The number of halogens is 1. The van der Waals surface area contributed by atoms with Gasteiger partial charge in [0.2, 0.25) is 0 Å². The normalized spacial score (nSPS) is 23.0. The van der Waals surface area contributed by atoms with E-state index in [9.17, 15) is 0 Å². The minimum atomic E-state index is 0. The Kier molecular flexibility index (Phi) is 7.61. The molecule has 1 aromatic heterocycles. The van der Waals surface area contributed by atoms with Crippen molar-refractivity contribution in [2.45, 2.75) is 50.7 Å². The molecule has 3 rings (SSSR count). The summed E-state index contributed by atoms with van der Waals surface area (Å²) >= 11 is 0. The molecular weight excluding hydrogens is 403 g/mol. The zero-order valence-electron chi connectivity index (χ0n) is 13.9. The van der Waals surface area contributed by atoms with Crippen molar-refractivity contribution in [3.63, 3.8) is 0 Å². The lowest BCUT2D eigenvalue weighted by molar-refractivity contribution is 0.242. The molecule has 6 nitrogen and oxygen atoms in total. The van der Waals surface area contributed by atoms with Crippen LogP contribution in [0.5, 0.6) is 0 Å².